The molecule has 15 heavy (non-hydrogen) atoms. The molecule has 0 aromatic carbocycles. The van der Waals surface area contributed by atoms with E-state index in [1.54, 1.807) is 0 Å². The van der Waals surface area contributed by atoms with Gasteiger partial charge in [0.2, 0.25) is 5.82 Å². The lowest BCUT2D eigenvalue weighted by Gasteiger charge is -2.33. The first-order valence-corrected chi connectivity index (χ1v) is 5.27. The first-order chi connectivity index (χ1) is 7.33. The first kappa shape index (κ1) is 9.11. The van der Waals surface area contributed by atoms with Crippen LogP contribution in [0.25, 0.3) is 0 Å². The zero-order chi connectivity index (χ0) is 10.3. The molecule has 0 aliphatic carbocycles. The van der Waals surface area contributed by atoms with Crippen LogP contribution in [0.2, 0.25) is 0 Å². The number of morpholine rings is 1. The molecular weight excluding hydrogens is 196 g/mol. The number of nitrogens with zero attached hydrogens (tertiary/aromatic N) is 3. The third-order valence-electron chi connectivity index (χ3n) is 3.13. The third kappa shape index (κ3) is 1.59. The zero-order valence-electron chi connectivity index (χ0n) is 8.43. The number of hydrogen-bond donors (Lipinski definition) is 1. The van der Waals surface area contributed by atoms with Crippen molar-refractivity contribution in [3.8, 4) is 0 Å². The Hall–Kier alpha value is -1.14. The molecule has 0 amide bonds. The van der Waals surface area contributed by atoms with Crippen molar-refractivity contribution in [1.82, 2.24) is 15.0 Å². The summed E-state index contributed by atoms with van der Waals surface area (Å²) in [5.41, 5.74) is 5.38. The van der Waals surface area contributed by atoms with E-state index in [0.717, 1.165) is 19.7 Å². The van der Waals surface area contributed by atoms with E-state index in [9.17, 15) is 0 Å². The van der Waals surface area contributed by atoms with Gasteiger partial charge >= 0.3 is 6.01 Å². The van der Waals surface area contributed by atoms with Crippen LogP contribution in [0.15, 0.2) is 4.52 Å². The molecule has 0 unspecified atom stereocenters. The molecule has 1 aromatic rings. The van der Waals surface area contributed by atoms with E-state index in [4.69, 9.17) is 15.0 Å². The summed E-state index contributed by atoms with van der Waals surface area (Å²) in [6.07, 6.45) is 2.41. The minimum Gasteiger partial charge on any atom is -0.367 e. The van der Waals surface area contributed by atoms with Crippen LogP contribution in [0.1, 0.15) is 24.8 Å². The maximum Gasteiger partial charge on any atom is 0.318 e. The Balaban J connectivity index is 1.73. The van der Waals surface area contributed by atoms with Crippen LogP contribution in [0.3, 0.4) is 0 Å². The topological polar surface area (TPSA) is 77.4 Å². The van der Waals surface area contributed by atoms with Gasteiger partial charge in [0.25, 0.3) is 0 Å². The lowest BCUT2D eigenvalue weighted by atomic mass is 10.2. The molecule has 6 nitrogen and oxygen atoms in total. The molecule has 2 atom stereocenters. The van der Waals surface area contributed by atoms with Crippen molar-refractivity contribution in [2.75, 3.05) is 25.4 Å². The molecule has 0 saturated carbocycles. The van der Waals surface area contributed by atoms with Gasteiger partial charge in [-0.2, -0.15) is 4.98 Å². The number of aromatic nitrogens is 2. The van der Waals surface area contributed by atoms with E-state index in [2.05, 4.69) is 15.0 Å². The van der Waals surface area contributed by atoms with Gasteiger partial charge in [0.1, 0.15) is 6.10 Å². The molecular formula is C9H14N4O2. The molecule has 6 heteroatoms. The molecule has 2 aliphatic rings. The van der Waals surface area contributed by atoms with Gasteiger partial charge in [-0.3, -0.25) is 4.90 Å². The van der Waals surface area contributed by atoms with Crippen LogP contribution < -0.4 is 5.73 Å². The van der Waals surface area contributed by atoms with Crippen LogP contribution in [-0.2, 0) is 4.74 Å². The van der Waals surface area contributed by atoms with Gasteiger partial charge in [0, 0.05) is 12.6 Å². The first-order valence-electron chi connectivity index (χ1n) is 5.27. The lowest BCUT2D eigenvalue weighted by Crippen LogP contribution is -2.42. The van der Waals surface area contributed by atoms with Gasteiger partial charge < -0.3 is 15.0 Å². The molecule has 3 heterocycles. The predicted octanol–water partition coefficient (Wildman–Crippen LogP) is 0.187. The van der Waals surface area contributed by atoms with Crippen molar-refractivity contribution < 1.29 is 9.26 Å². The molecule has 1 aromatic heterocycles. The smallest absolute Gasteiger partial charge is 0.318 e. The highest BCUT2D eigenvalue weighted by atomic mass is 16.5. The van der Waals surface area contributed by atoms with Crippen LogP contribution >= 0.6 is 0 Å². The van der Waals surface area contributed by atoms with Crippen molar-refractivity contribution in [3.63, 3.8) is 0 Å². The minimum atomic E-state index is -0.0830. The standard InChI is InChI=1S/C9H14N4O2/c10-9-11-8(12-15-9)7-4-13-3-1-2-6(13)5-14-7/h6-7H,1-5H2,(H2,10,11,12)/t6-,7+/m0/s1. The van der Waals surface area contributed by atoms with Gasteiger partial charge in [-0.1, -0.05) is 5.16 Å². The van der Waals surface area contributed by atoms with Gasteiger partial charge in [0.05, 0.1) is 6.61 Å². The summed E-state index contributed by atoms with van der Waals surface area (Å²) >= 11 is 0. The van der Waals surface area contributed by atoms with Crippen LogP contribution in [0.4, 0.5) is 6.01 Å². The zero-order valence-corrected chi connectivity index (χ0v) is 8.43. The van der Waals surface area contributed by atoms with Crippen LogP contribution in [0.5, 0.6) is 0 Å². The summed E-state index contributed by atoms with van der Waals surface area (Å²) < 4.78 is 10.5. The van der Waals surface area contributed by atoms with Gasteiger partial charge in [-0.25, -0.2) is 0 Å². The predicted molar refractivity (Wildman–Crippen MR) is 52.0 cm³/mol. The molecule has 0 radical (unpaired) electrons. The van der Waals surface area contributed by atoms with E-state index >= 15 is 0 Å². The second-order valence-electron chi connectivity index (χ2n) is 4.10. The highest BCUT2D eigenvalue weighted by molar-refractivity contribution is 5.09. The highest BCUT2D eigenvalue weighted by Crippen LogP contribution is 2.28. The number of nitrogen functional groups attached to an aromatic ring is 1. The van der Waals surface area contributed by atoms with Gasteiger partial charge in [0.15, 0.2) is 0 Å². The normalized spacial score (nSPS) is 31.7. The molecule has 82 valence electrons. The SMILES string of the molecule is Nc1nc([C@H]2CN3CCC[C@H]3CO2)no1. The van der Waals surface area contributed by atoms with Gasteiger partial charge in [-0.05, 0) is 19.4 Å². The second kappa shape index (κ2) is 3.46. The number of fused-ring (bicyclic) bond motifs is 1. The fourth-order valence-corrected chi connectivity index (χ4v) is 2.35. The van der Waals surface area contributed by atoms with Crippen LogP contribution in [-0.4, -0.2) is 40.8 Å². The molecule has 3 rings (SSSR count). The fraction of sp³-hybridized carbons (Fsp3) is 0.778. The summed E-state index contributed by atoms with van der Waals surface area (Å²) in [6.45, 7) is 2.76. The molecule has 2 aliphatic heterocycles. The Kier molecular flexibility index (Phi) is 2.10. The van der Waals surface area contributed by atoms with Crippen molar-refractivity contribution in [1.29, 1.82) is 0 Å². The molecule has 0 bridgehead atoms. The van der Waals surface area contributed by atoms with E-state index in [-0.39, 0.29) is 12.1 Å². The van der Waals surface area contributed by atoms with Crippen molar-refractivity contribution in [2.24, 2.45) is 0 Å². The molecule has 2 fully saturated rings. The number of rotatable bonds is 1. The van der Waals surface area contributed by atoms with Crippen molar-refractivity contribution in [2.45, 2.75) is 25.0 Å². The Labute approximate surface area is 87.4 Å². The maximum atomic E-state index is 5.71. The number of anilines is 1. The van der Waals surface area contributed by atoms with Gasteiger partial charge in [-0.15, -0.1) is 0 Å². The van der Waals surface area contributed by atoms with E-state index in [1.165, 1.54) is 12.8 Å². The largest absolute Gasteiger partial charge is 0.367 e. The summed E-state index contributed by atoms with van der Waals surface area (Å²) in [5.74, 6) is 0.567. The average Bonchev–Trinajstić information content (AvgIpc) is 2.84. The maximum absolute atomic E-state index is 5.71. The number of hydrogen-bond acceptors (Lipinski definition) is 6. The number of nitrogens with two attached hydrogens (primary N) is 1. The van der Waals surface area contributed by atoms with Crippen molar-refractivity contribution in [3.05, 3.63) is 5.82 Å². The molecule has 2 saturated heterocycles. The lowest BCUT2D eigenvalue weighted by molar-refractivity contribution is -0.0548. The van der Waals surface area contributed by atoms with E-state index in [1.807, 2.05) is 0 Å². The Morgan fingerprint density at radius 3 is 3.20 bits per heavy atom. The summed E-state index contributed by atoms with van der Waals surface area (Å²) in [6, 6.07) is 0.697. The minimum absolute atomic E-state index is 0.0830. The Bertz CT molecular complexity index is 354. The third-order valence-corrected chi connectivity index (χ3v) is 3.13. The fourth-order valence-electron chi connectivity index (χ4n) is 2.35. The van der Waals surface area contributed by atoms with Crippen molar-refractivity contribution >= 4 is 6.01 Å². The Morgan fingerprint density at radius 2 is 2.40 bits per heavy atom. The highest BCUT2D eigenvalue weighted by Gasteiger charge is 2.34. The summed E-state index contributed by atoms with van der Waals surface area (Å²) in [5, 5.41) is 3.79. The Morgan fingerprint density at radius 1 is 1.47 bits per heavy atom. The number of ether oxygens (including phenoxy) is 1. The van der Waals surface area contributed by atoms with Crippen LogP contribution in [0, 0.1) is 0 Å². The summed E-state index contributed by atoms with van der Waals surface area (Å²) in [4.78, 5) is 6.43. The summed E-state index contributed by atoms with van der Waals surface area (Å²) in [7, 11) is 0. The quantitative estimate of drug-likeness (QED) is 0.712. The average molecular weight is 210 g/mol. The molecule has 2 N–H and O–H groups in total. The second-order valence-corrected chi connectivity index (χ2v) is 4.10. The van der Waals surface area contributed by atoms with E-state index in [0.29, 0.717) is 11.9 Å². The van der Waals surface area contributed by atoms with E-state index < -0.39 is 0 Å². The monoisotopic (exact) mass is 210 g/mol. The molecule has 0 spiro atoms.